The van der Waals surface area contributed by atoms with E-state index in [1.54, 1.807) is 0 Å². The SMILES string of the molecule is O=C(Nc1cnc(Cl)nc1Cl)c1ncco1. The Hall–Kier alpha value is -1.66. The molecule has 0 atom stereocenters. The molecule has 1 N–H and O–H groups in total. The van der Waals surface area contributed by atoms with E-state index in [9.17, 15) is 4.79 Å². The number of rotatable bonds is 2. The molecule has 2 aromatic rings. The van der Waals surface area contributed by atoms with Crippen molar-refractivity contribution in [2.45, 2.75) is 0 Å². The number of carbonyl (C=O) groups excluding carboxylic acids is 1. The third-order valence-electron chi connectivity index (χ3n) is 1.59. The molecule has 8 heteroatoms. The molecular weight excluding hydrogens is 255 g/mol. The monoisotopic (exact) mass is 258 g/mol. The van der Waals surface area contributed by atoms with Crippen molar-refractivity contribution in [3.8, 4) is 0 Å². The van der Waals surface area contributed by atoms with E-state index in [2.05, 4.69) is 20.3 Å². The van der Waals surface area contributed by atoms with E-state index >= 15 is 0 Å². The first-order valence-corrected chi connectivity index (χ1v) is 4.81. The Morgan fingerprint density at radius 2 is 2.19 bits per heavy atom. The highest BCUT2D eigenvalue weighted by molar-refractivity contribution is 6.34. The largest absolute Gasteiger partial charge is 0.441 e. The fourth-order valence-electron chi connectivity index (χ4n) is 0.936. The molecule has 2 heterocycles. The van der Waals surface area contributed by atoms with Crippen LogP contribution in [0.3, 0.4) is 0 Å². The summed E-state index contributed by atoms with van der Waals surface area (Å²) in [7, 11) is 0. The number of oxazole rings is 1. The molecule has 0 spiro atoms. The van der Waals surface area contributed by atoms with Crippen LogP contribution < -0.4 is 5.32 Å². The van der Waals surface area contributed by atoms with Gasteiger partial charge in [-0.1, -0.05) is 11.6 Å². The van der Waals surface area contributed by atoms with Gasteiger partial charge < -0.3 is 9.73 Å². The summed E-state index contributed by atoms with van der Waals surface area (Å²) in [6.07, 6.45) is 3.93. The van der Waals surface area contributed by atoms with Gasteiger partial charge in [0.25, 0.3) is 5.89 Å². The molecule has 16 heavy (non-hydrogen) atoms. The Morgan fingerprint density at radius 1 is 1.38 bits per heavy atom. The second-order valence-electron chi connectivity index (χ2n) is 2.63. The topological polar surface area (TPSA) is 80.9 Å². The van der Waals surface area contributed by atoms with Crippen molar-refractivity contribution in [1.82, 2.24) is 15.0 Å². The van der Waals surface area contributed by atoms with Crippen molar-refractivity contribution in [1.29, 1.82) is 0 Å². The maximum Gasteiger partial charge on any atom is 0.311 e. The number of nitrogens with one attached hydrogen (secondary N) is 1. The normalized spacial score (nSPS) is 10.1. The molecule has 6 nitrogen and oxygen atoms in total. The zero-order chi connectivity index (χ0) is 11.5. The fourth-order valence-corrected chi connectivity index (χ4v) is 1.29. The van der Waals surface area contributed by atoms with E-state index in [1.807, 2.05) is 0 Å². The van der Waals surface area contributed by atoms with Gasteiger partial charge in [-0.15, -0.1) is 0 Å². The van der Waals surface area contributed by atoms with E-state index in [1.165, 1.54) is 18.7 Å². The lowest BCUT2D eigenvalue weighted by atomic mass is 10.5. The molecule has 0 aliphatic heterocycles. The van der Waals surface area contributed by atoms with E-state index in [4.69, 9.17) is 27.6 Å². The van der Waals surface area contributed by atoms with Gasteiger partial charge in [-0.05, 0) is 11.6 Å². The summed E-state index contributed by atoms with van der Waals surface area (Å²) in [4.78, 5) is 22.5. The molecule has 0 saturated carbocycles. The molecule has 2 aromatic heterocycles. The Balaban J connectivity index is 2.18. The summed E-state index contributed by atoms with van der Waals surface area (Å²) in [5, 5.41) is 2.47. The van der Waals surface area contributed by atoms with Gasteiger partial charge in [-0.2, -0.15) is 0 Å². The van der Waals surface area contributed by atoms with Crippen molar-refractivity contribution in [2.75, 3.05) is 5.32 Å². The Kier molecular flexibility index (Phi) is 3.02. The highest BCUT2D eigenvalue weighted by Crippen LogP contribution is 2.19. The molecule has 82 valence electrons. The first-order chi connectivity index (χ1) is 7.66. The second kappa shape index (κ2) is 4.46. The number of halogens is 2. The number of amides is 1. The van der Waals surface area contributed by atoms with E-state index in [-0.39, 0.29) is 22.0 Å². The zero-order valence-electron chi connectivity index (χ0n) is 7.65. The highest BCUT2D eigenvalue weighted by Gasteiger charge is 2.13. The molecule has 0 aromatic carbocycles. The molecule has 2 rings (SSSR count). The van der Waals surface area contributed by atoms with Crippen LogP contribution in [0.2, 0.25) is 10.4 Å². The predicted molar refractivity (Wildman–Crippen MR) is 56.5 cm³/mol. The smallest absolute Gasteiger partial charge is 0.311 e. The molecule has 0 saturated heterocycles. The van der Waals surface area contributed by atoms with Crippen LogP contribution in [-0.2, 0) is 0 Å². The fraction of sp³-hybridized carbons (Fsp3) is 0. The first-order valence-electron chi connectivity index (χ1n) is 4.05. The third-order valence-corrected chi connectivity index (χ3v) is 2.06. The van der Waals surface area contributed by atoms with E-state index in [0.717, 1.165) is 0 Å². The van der Waals surface area contributed by atoms with E-state index in [0.29, 0.717) is 0 Å². The molecule has 0 bridgehead atoms. The van der Waals surface area contributed by atoms with Crippen LogP contribution in [0.5, 0.6) is 0 Å². The molecule has 0 aliphatic carbocycles. The third kappa shape index (κ3) is 2.29. The lowest BCUT2D eigenvalue weighted by Gasteiger charge is -2.03. The van der Waals surface area contributed by atoms with Crippen molar-refractivity contribution in [3.63, 3.8) is 0 Å². The maximum atomic E-state index is 11.5. The molecule has 1 amide bonds. The highest BCUT2D eigenvalue weighted by atomic mass is 35.5. The molecule has 0 radical (unpaired) electrons. The van der Waals surface area contributed by atoms with Gasteiger partial charge in [-0.25, -0.2) is 15.0 Å². The molecule has 0 aliphatic rings. The lowest BCUT2D eigenvalue weighted by Crippen LogP contribution is -2.13. The number of hydrogen-bond acceptors (Lipinski definition) is 5. The predicted octanol–water partition coefficient (Wildman–Crippen LogP) is 2.02. The van der Waals surface area contributed by atoms with Crippen LogP contribution in [0.15, 0.2) is 23.1 Å². The molecular formula is C8H4Cl2N4O2. The number of nitrogens with zero attached hydrogens (tertiary/aromatic N) is 3. The van der Waals surface area contributed by atoms with Crippen molar-refractivity contribution >= 4 is 34.8 Å². The summed E-state index contributed by atoms with van der Waals surface area (Å²) in [5.41, 5.74) is 0.231. The van der Waals surface area contributed by atoms with Gasteiger partial charge >= 0.3 is 5.91 Å². The maximum absolute atomic E-state index is 11.5. The second-order valence-corrected chi connectivity index (χ2v) is 3.33. The minimum absolute atomic E-state index is 0.000812. The van der Waals surface area contributed by atoms with Crippen LogP contribution in [-0.4, -0.2) is 20.9 Å². The Labute approximate surface area is 99.6 Å². The summed E-state index contributed by atoms with van der Waals surface area (Å²) in [6, 6.07) is 0. The van der Waals surface area contributed by atoms with Gasteiger partial charge in [-0.3, -0.25) is 4.79 Å². The molecule has 0 fully saturated rings. The first kappa shape index (κ1) is 10.8. The van der Waals surface area contributed by atoms with Crippen LogP contribution in [0.4, 0.5) is 5.69 Å². The van der Waals surface area contributed by atoms with Gasteiger partial charge in [0, 0.05) is 0 Å². The van der Waals surface area contributed by atoms with E-state index < -0.39 is 5.91 Å². The summed E-state index contributed by atoms with van der Waals surface area (Å²) in [6.45, 7) is 0. The van der Waals surface area contributed by atoms with Gasteiger partial charge in [0.05, 0.1) is 18.1 Å². The average Bonchev–Trinajstić information content (AvgIpc) is 2.75. The minimum atomic E-state index is -0.544. The van der Waals surface area contributed by atoms with Crippen molar-refractivity contribution in [3.05, 3.63) is 35.0 Å². The summed E-state index contributed by atoms with van der Waals surface area (Å²) >= 11 is 11.2. The summed E-state index contributed by atoms with van der Waals surface area (Å²) in [5.74, 6) is -0.621. The average molecular weight is 259 g/mol. The number of carbonyl (C=O) groups is 1. The lowest BCUT2D eigenvalue weighted by molar-refractivity contribution is 0.0990. The van der Waals surface area contributed by atoms with Crippen molar-refractivity contribution < 1.29 is 9.21 Å². The van der Waals surface area contributed by atoms with Crippen LogP contribution in [0.25, 0.3) is 0 Å². The number of hydrogen-bond donors (Lipinski definition) is 1. The number of aromatic nitrogens is 3. The van der Waals surface area contributed by atoms with Crippen LogP contribution in [0.1, 0.15) is 10.7 Å². The van der Waals surface area contributed by atoms with Crippen LogP contribution in [0, 0.1) is 0 Å². The van der Waals surface area contributed by atoms with Crippen molar-refractivity contribution in [2.24, 2.45) is 0 Å². The number of anilines is 1. The van der Waals surface area contributed by atoms with Gasteiger partial charge in [0.1, 0.15) is 6.26 Å². The Bertz CT molecular complexity index is 515. The Morgan fingerprint density at radius 3 is 2.81 bits per heavy atom. The minimum Gasteiger partial charge on any atom is -0.441 e. The summed E-state index contributed by atoms with van der Waals surface area (Å²) < 4.78 is 4.80. The zero-order valence-corrected chi connectivity index (χ0v) is 9.16. The quantitative estimate of drug-likeness (QED) is 0.659. The standard InChI is InChI=1S/C8H4Cl2N4O2/c9-5-4(3-12-8(10)14-5)13-6(15)7-11-1-2-16-7/h1-3H,(H,13,15). The van der Waals surface area contributed by atoms with Gasteiger partial charge in [0.15, 0.2) is 5.15 Å². The molecule has 0 unspecified atom stereocenters. The van der Waals surface area contributed by atoms with Crippen LogP contribution >= 0.6 is 23.2 Å². The van der Waals surface area contributed by atoms with Gasteiger partial charge in [0.2, 0.25) is 5.28 Å².